The zero-order chi connectivity index (χ0) is 7.78. The normalized spacial score (nSPS) is 36.4. The molecule has 1 saturated carbocycles. The molecular weight excluding hydrogens is 120 g/mol. The summed E-state index contributed by atoms with van der Waals surface area (Å²) in [6.07, 6.45) is 3.28. The molecule has 10 heavy (non-hydrogen) atoms. The molecule has 0 aromatic rings. The highest BCUT2D eigenvalue weighted by Crippen LogP contribution is 2.57. The topological polar surface area (TPSA) is 0 Å². The average molecular weight is 134 g/mol. The Morgan fingerprint density at radius 2 is 2.40 bits per heavy atom. The molecule has 1 fully saturated rings. The predicted octanol–water partition coefficient (Wildman–Crippen LogP) is 2.93. The van der Waals surface area contributed by atoms with E-state index in [4.69, 9.17) is 0 Å². The standard InChI is InChI=1S/C10H14/c1-5-6-9-7-10(9,4)8(2)3/h6,9H,1-2,7H2,3-4H3. The summed E-state index contributed by atoms with van der Waals surface area (Å²) in [6, 6.07) is 0. The molecule has 54 valence electrons. The van der Waals surface area contributed by atoms with Gasteiger partial charge in [0.1, 0.15) is 0 Å². The minimum absolute atomic E-state index is 0.366. The zero-order valence-corrected chi connectivity index (χ0v) is 6.78. The van der Waals surface area contributed by atoms with Crippen molar-refractivity contribution in [1.29, 1.82) is 0 Å². The molecule has 2 atom stereocenters. The minimum Gasteiger partial charge on any atom is -0.133 e. The van der Waals surface area contributed by atoms with E-state index in [0.717, 1.165) is 0 Å². The summed E-state index contributed by atoms with van der Waals surface area (Å²) in [5.41, 5.74) is 4.47. The maximum absolute atomic E-state index is 3.95. The number of hydrogen-bond donors (Lipinski definition) is 0. The molecular formula is C10H14. The monoisotopic (exact) mass is 134 g/mol. The van der Waals surface area contributed by atoms with Crippen molar-refractivity contribution in [3.63, 3.8) is 0 Å². The van der Waals surface area contributed by atoms with Crippen LogP contribution in [0.5, 0.6) is 0 Å². The first kappa shape index (κ1) is 7.37. The van der Waals surface area contributed by atoms with Crippen molar-refractivity contribution in [3.8, 4) is 0 Å². The lowest BCUT2D eigenvalue weighted by atomic mass is 9.98. The van der Waals surface area contributed by atoms with Gasteiger partial charge in [-0.05, 0) is 30.8 Å². The van der Waals surface area contributed by atoms with Gasteiger partial charge in [-0.1, -0.05) is 25.7 Å². The van der Waals surface area contributed by atoms with Crippen LogP contribution >= 0.6 is 0 Å². The first-order chi connectivity index (χ1) is 4.61. The minimum atomic E-state index is 0.366. The van der Waals surface area contributed by atoms with E-state index < -0.39 is 0 Å². The number of allylic oxidation sites excluding steroid dienone is 2. The van der Waals surface area contributed by atoms with Crippen LogP contribution in [0.1, 0.15) is 20.3 Å². The Balaban J connectivity index is 2.64. The number of hydrogen-bond acceptors (Lipinski definition) is 0. The summed E-state index contributed by atoms with van der Waals surface area (Å²) in [5, 5.41) is 0. The van der Waals surface area contributed by atoms with Crippen molar-refractivity contribution in [2.45, 2.75) is 20.3 Å². The van der Waals surface area contributed by atoms with Gasteiger partial charge >= 0.3 is 0 Å². The van der Waals surface area contributed by atoms with Crippen LogP contribution in [-0.2, 0) is 0 Å². The van der Waals surface area contributed by atoms with Gasteiger partial charge in [0.05, 0.1) is 0 Å². The molecule has 0 N–H and O–H groups in total. The summed E-state index contributed by atoms with van der Waals surface area (Å²) in [5.74, 6) is 0.655. The molecule has 0 aromatic carbocycles. The maximum Gasteiger partial charge on any atom is -0.00466 e. The zero-order valence-electron chi connectivity index (χ0n) is 6.78. The van der Waals surface area contributed by atoms with Crippen molar-refractivity contribution in [2.75, 3.05) is 0 Å². The van der Waals surface area contributed by atoms with E-state index in [-0.39, 0.29) is 0 Å². The van der Waals surface area contributed by atoms with Gasteiger partial charge in [0.15, 0.2) is 0 Å². The van der Waals surface area contributed by atoms with E-state index in [9.17, 15) is 0 Å². The van der Waals surface area contributed by atoms with Crippen LogP contribution < -0.4 is 0 Å². The molecule has 0 aromatic heterocycles. The summed E-state index contributed by atoms with van der Waals surface area (Å²) in [6.45, 7) is 11.8. The molecule has 0 radical (unpaired) electrons. The van der Waals surface area contributed by atoms with Crippen LogP contribution in [-0.4, -0.2) is 0 Å². The van der Waals surface area contributed by atoms with E-state index in [1.165, 1.54) is 12.0 Å². The summed E-state index contributed by atoms with van der Waals surface area (Å²) in [4.78, 5) is 0. The molecule has 0 aliphatic heterocycles. The largest absolute Gasteiger partial charge is 0.133 e. The van der Waals surface area contributed by atoms with Gasteiger partial charge in [0.2, 0.25) is 0 Å². The van der Waals surface area contributed by atoms with E-state index in [1.807, 2.05) is 0 Å². The molecule has 0 heterocycles. The number of rotatable bonds is 2. The molecule has 0 saturated heterocycles. The Morgan fingerprint density at radius 3 is 2.70 bits per heavy atom. The van der Waals surface area contributed by atoms with Gasteiger partial charge < -0.3 is 0 Å². The molecule has 1 aliphatic rings. The van der Waals surface area contributed by atoms with Gasteiger partial charge in [0, 0.05) is 0 Å². The summed E-state index contributed by atoms with van der Waals surface area (Å²) in [7, 11) is 0. The third-order valence-corrected chi connectivity index (χ3v) is 2.60. The van der Waals surface area contributed by atoms with Crippen LogP contribution in [0.4, 0.5) is 0 Å². The highest BCUT2D eigenvalue weighted by molar-refractivity contribution is 5.23. The molecule has 1 rings (SSSR count). The third-order valence-electron chi connectivity index (χ3n) is 2.60. The van der Waals surface area contributed by atoms with E-state index in [2.05, 4.69) is 38.8 Å². The smallest absolute Gasteiger partial charge is 0.00466 e. The second kappa shape index (κ2) is 2.14. The first-order valence-electron chi connectivity index (χ1n) is 3.63. The molecule has 0 bridgehead atoms. The Kier molecular flexibility index (Phi) is 1.58. The van der Waals surface area contributed by atoms with Crippen molar-refractivity contribution >= 4 is 0 Å². The van der Waals surface area contributed by atoms with Gasteiger partial charge in [-0.3, -0.25) is 0 Å². The summed E-state index contributed by atoms with van der Waals surface area (Å²) < 4.78 is 0. The Bertz CT molecular complexity index is 206. The van der Waals surface area contributed by atoms with Crippen molar-refractivity contribution in [3.05, 3.63) is 30.5 Å². The fourth-order valence-electron chi connectivity index (χ4n) is 1.27. The van der Waals surface area contributed by atoms with Crippen molar-refractivity contribution in [1.82, 2.24) is 0 Å². The fourth-order valence-corrected chi connectivity index (χ4v) is 1.27. The van der Waals surface area contributed by atoms with Gasteiger partial charge in [-0.15, -0.1) is 5.73 Å². The molecule has 0 amide bonds. The fraction of sp³-hybridized carbons (Fsp3) is 0.500. The quantitative estimate of drug-likeness (QED) is 0.402. The van der Waals surface area contributed by atoms with E-state index >= 15 is 0 Å². The lowest BCUT2D eigenvalue weighted by Crippen LogP contribution is -1.96. The molecule has 0 heteroatoms. The average Bonchev–Trinajstić information content (AvgIpc) is 2.45. The van der Waals surface area contributed by atoms with Crippen LogP contribution in [0.15, 0.2) is 30.5 Å². The second-order valence-corrected chi connectivity index (χ2v) is 3.38. The van der Waals surface area contributed by atoms with Crippen LogP contribution in [0.2, 0.25) is 0 Å². The first-order valence-corrected chi connectivity index (χ1v) is 3.63. The van der Waals surface area contributed by atoms with E-state index in [0.29, 0.717) is 11.3 Å². The van der Waals surface area contributed by atoms with Crippen LogP contribution in [0.25, 0.3) is 0 Å². The lowest BCUT2D eigenvalue weighted by molar-refractivity contribution is 0.648. The SMILES string of the molecule is C=C=CC1CC1(C)C(=C)C. The third kappa shape index (κ3) is 0.955. The summed E-state index contributed by atoms with van der Waals surface area (Å²) >= 11 is 0. The molecule has 2 unspecified atom stereocenters. The van der Waals surface area contributed by atoms with Crippen molar-refractivity contribution in [2.24, 2.45) is 11.3 Å². The van der Waals surface area contributed by atoms with Crippen LogP contribution in [0, 0.1) is 11.3 Å². The van der Waals surface area contributed by atoms with Crippen molar-refractivity contribution < 1.29 is 0 Å². The van der Waals surface area contributed by atoms with Gasteiger partial charge in [-0.2, -0.15) is 0 Å². The highest BCUT2D eigenvalue weighted by Gasteiger charge is 2.48. The molecule has 0 nitrogen and oxygen atoms in total. The highest BCUT2D eigenvalue weighted by atomic mass is 14.5. The van der Waals surface area contributed by atoms with E-state index in [1.54, 1.807) is 0 Å². The van der Waals surface area contributed by atoms with Gasteiger partial charge in [0.25, 0.3) is 0 Å². The lowest BCUT2D eigenvalue weighted by Gasteiger charge is -2.06. The second-order valence-electron chi connectivity index (χ2n) is 3.38. The van der Waals surface area contributed by atoms with Crippen LogP contribution in [0.3, 0.4) is 0 Å². The Labute approximate surface area is 62.9 Å². The predicted molar refractivity (Wildman–Crippen MR) is 44.7 cm³/mol. The van der Waals surface area contributed by atoms with Gasteiger partial charge in [-0.25, -0.2) is 0 Å². The Hall–Kier alpha value is -0.740. The maximum atomic E-state index is 3.95. The Morgan fingerprint density at radius 1 is 1.80 bits per heavy atom. The molecule has 1 aliphatic carbocycles. The molecule has 0 spiro atoms.